The van der Waals surface area contributed by atoms with Crippen LogP contribution in [0.4, 0.5) is 0 Å². The van der Waals surface area contributed by atoms with E-state index in [0.29, 0.717) is 36.2 Å². The smallest absolute Gasteiger partial charge is 0.161 e. The number of rotatable bonds is 8. The Morgan fingerprint density at radius 1 is 0.788 bits per heavy atom. The highest BCUT2D eigenvalue weighted by molar-refractivity contribution is 6.07. The fraction of sp³-hybridized carbons (Fsp3) is 0.138. The van der Waals surface area contributed by atoms with E-state index in [1.807, 2.05) is 92.7 Å². The van der Waals surface area contributed by atoms with Gasteiger partial charge < -0.3 is 19.6 Å². The second kappa shape index (κ2) is 10.5. The Hall–Kier alpha value is -4.05. The molecule has 0 unspecified atom stereocenters. The summed E-state index contributed by atoms with van der Waals surface area (Å²) in [6.07, 6.45) is 5.74. The maximum absolute atomic E-state index is 8.71. The molecule has 0 saturated heterocycles. The van der Waals surface area contributed by atoms with Gasteiger partial charge in [-0.2, -0.15) is 0 Å². The van der Waals surface area contributed by atoms with E-state index in [9.17, 15) is 0 Å². The molecule has 0 spiro atoms. The Kier molecular flexibility index (Phi) is 7.06. The molecule has 1 aliphatic heterocycles. The van der Waals surface area contributed by atoms with Gasteiger partial charge in [0.05, 0.1) is 18.9 Å². The van der Waals surface area contributed by atoms with Crippen molar-refractivity contribution in [3.63, 3.8) is 0 Å². The number of hydrogen-bond acceptors (Lipinski definition) is 4. The van der Waals surface area contributed by atoms with Gasteiger partial charge in [0.2, 0.25) is 0 Å². The molecule has 0 atom stereocenters. The number of allylic oxidation sites excluding steroid dienone is 4. The van der Waals surface area contributed by atoms with Crippen LogP contribution in [0, 0.1) is 5.41 Å². The lowest BCUT2D eigenvalue weighted by molar-refractivity contribution is 0.287. The van der Waals surface area contributed by atoms with Crippen LogP contribution in [-0.2, 0) is 4.74 Å². The summed E-state index contributed by atoms with van der Waals surface area (Å²) in [5.41, 5.74) is 4.15. The molecule has 0 amide bonds. The Balaban J connectivity index is 1.69. The first-order valence-corrected chi connectivity index (χ1v) is 11.1. The van der Waals surface area contributed by atoms with Gasteiger partial charge in [-0.3, -0.25) is 0 Å². The molecule has 33 heavy (non-hydrogen) atoms. The summed E-state index contributed by atoms with van der Waals surface area (Å²) < 4.78 is 17.6. The van der Waals surface area contributed by atoms with Gasteiger partial charge in [-0.1, -0.05) is 60.7 Å². The van der Waals surface area contributed by atoms with Crippen LogP contribution in [0.2, 0.25) is 0 Å². The van der Waals surface area contributed by atoms with Gasteiger partial charge in [0.15, 0.2) is 11.5 Å². The Morgan fingerprint density at radius 2 is 1.42 bits per heavy atom. The Labute approximate surface area is 195 Å². The third kappa shape index (κ3) is 5.42. The molecule has 0 radical (unpaired) electrons. The predicted molar refractivity (Wildman–Crippen MR) is 134 cm³/mol. The zero-order chi connectivity index (χ0) is 23.0. The fourth-order valence-electron chi connectivity index (χ4n) is 3.58. The first kappa shape index (κ1) is 22.2. The summed E-state index contributed by atoms with van der Waals surface area (Å²) in [7, 11) is 0. The molecule has 3 aromatic rings. The molecule has 3 aromatic carbocycles. The summed E-state index contributed by atoms with van der Waals surface area (Å²) in [5, 5.41) is 8.71. The number of nitrogens with one attached hydrogen (secondary N) is 1. The van der Waals surface area contributed by atoms with Crippen molar-refractivity contribution >= 4 is 17.0 Å². The molecule has 0 fully saturated rings. The van der Waals surface area contributed by atoms with E-state index in [4.69, 9.17) is 19.6 Å². The molecule has 166 valence electrons. The van der Waals surface area contributed by atoms with Gasteiger partial charge in [-0.15, -0.1) is 0 Å². The number of benzene rings is 3. The van der Waals surface area contributed by atoms with E-state index in [0.717, 1.165) is 28.0 Å². The minimum absolute atomic E-state index is 0.326. The third-order valence-electron chi connectivity index (χ3n) is 5.12. The average molecular weight is 438 g/mol. The number of hydrogen-bond donors (Lipinski definition) is 1. The zero-order valence-corrected chi connectivity index (χ0v) is 18.9. The minimum Gasteiger partial charge on any atom is -0.490 e. The quantitative estimate of drug-likeness (QED) is 0.390. The van der Waals surface area contributed by atoms with E-state index in [1.165, 1.54) is 0 Å². The number of ether oxygens (including phenoxy) is 3. The minimum atomic E-state index is 0.326. The van der Waals surface area contributed by atoms with Gasteiger partial charge in [-0.25, -0.2) is 0 Å². The van der Waals surface area contributed by atoms with Crippen molar-refractivity contribution < 1.29 is 14.2 Å². The average Bonchev–Trinajstić information content (AvgIpc) is 2.86. The fourth-order valence-corrected chi connectivity index (χ4v) is 3.58. The van der Waals surface area contributed by atoms with Crippen molar-refractivity contribution in [2.24, 2.45) is 0 Å². The lowest BCUT2D eigenvalue weighted by atomic mass is 10.00. The van der Waals surface area contributed by atoms with Crippen molar-refractivity contribution in [2.45, 2.75) is 13.8 Å². The molecular weight excluding hydrogens is 410 g/mol. The molecule has 0 aromatic heterocycles. The van der Waals surface area contributed by atoms with E-state index in [-0.39, 0.29) is 0 Å². The maximum atomic E-state index is 8.71. The largest absolute Gasteiger partial charge is 0.490 e. The van der Waals surface area contributed by atoms with Gasteiger partial charge in [0, 0.05) is 17.2 Å². The third-order valence-corrected chi connectivity index (χ3v) is 5.12. The van der Waals surface area contributed by atoms with Crippen LogP contribution in [0.5, 0.6) is 11.5 Å². The highest BCUT2D eigenvalue weighted by Gasteiger charge is 2.16. The van der Waals surface area contributed by atoms with Crippen molar-refractivity contribution in [3.05, 3.63) is 120 Å². The molecular formula is C29H27NO3. The highest BCUT2D eigenvalue weighted by Crippen LogP contribution is 2.33. The van der Waals surface area contributed by atoms with Gasteiger partial charge in [-0.05, 0) is 55.3 Å². The SMILES string of the molecule is CCOc1ccc(C(=N)C=C2C=C(c3ccccc3)C=C(c3ccccc3)O2)cc1OCC. The van der Waals surface area contributed by atoms with Crippen LogP contribution in [0.15, 0.2) is 103 Å². The molecule has 4 nitrogen and oxygen atoms in total. The van der Waals surface area contributed by atoms with Crippen LogP contribution >= 0.6 is 0 Å². The van der Waals surface area contributed by atoms with Gasteiger partial charge in [0.1, 0.15) is 11.5 Å². The topological polar surface area (TPSA) is 51.5 Å². The molecule has 1 aliphatic rings. The summed E-state index contributed by atoms with van der Waals surface area (Å²) in [6.45, 7) is 4.94. The van der Waals surface area contributed by atoms with Crippen LogP contribution in [-0.4, -0.2) is 18.9 Å². The summed E-state index contributed by atoms with van der Waals surface area (Å²) in [6, 6.07) is 25.7. The Bertz CT molecular complexity index is 1210. The van der Waals surface area contributed by atoms with E-state index in [1.54, 1.807) is 6.08 Å². The summed E-state index contributed by atoms with van der Waals surface area (Å²) in [5.74, 6) is 2.66. The molecule has 4 rings (SSSR count). The molecule has 0 saturated carbocycles. The highest BCUT2D eigenvalue weighted by atomic mass is 16.5. The second-order valence-corrected chi connectivity index (χ2v) is 7.43. The molecule has 1 heterocycles. The van der Waals surface area contributed by atoms with Crippen LogP contribution in [0.25, 0.3) is 11.3 Å². The van der Waals surface area contributed by atoms with E-state index in [2.05, 4.69) is 12.1 Å². The summed E-state index contributed by atoms with van der Waals surface area (Å²) in [4.78, 5) is 0. The van der Waals surface area contributed by atoms with Crippen LogP contribution < -0.4 is 9.47 Å². The van der Waals surface area contributed by atoms with Gasteiger partial charge >= 0.3 is 0 Å². The first-order valence-electron chi connectivity index (χ1n) is 11.1. The monoisotopic (exact) mass is 437 g/mol. The Morgan fingerprint density at radius 3 is 2.09 bits per heavy atom. The van der Waals surface area contributed by atoms with E-state index >= 15 is 0 Å². The maximum Gasteiger partial charge on any atom is 0.161 e. The van der Waals surface area contributed by atoms with Crippen molar-refractivity contribution in [2.75, 3.05) is 13.2 Å². The van der Waals surface area contributed by atoms with Gasteiger partial charge in [0.25, 0.3) is 0 Å². The van der Waals surface area contributed by atoms with E-state index < -0.39 is 0 Å². The van der Waals surface area contributed by atoms with Crippen molar-refractivity contribution in [3.8, 4) is 11.5 Å². The van der Waals surface area contributed by atoms with Crippen LogP contribution in [0.1, 0.15) is 30.5 Å². The molecule has 1 N–H and O–H groups in total. The summed E-state index contributed by atoms with van der Waals surface area (Å²) >= 11 is 0. The molecule has 0 bridgehead atoms. The lowest BCUT2D eigenvalue weighted by Gasteiger charge is -2.19. The predicted octanol–water partition coefficient (Wildman–Crippen LogP) is 6.89. The standard InChI is InChI=1S/C29H27NO3/c1-3-31-27-16-15-23(18-29(27)32-4-2)26(30)20-25-17-24(21-11-7-5-8-12-21)19-28(33-25)22-13-9-6-10-14-22/h5-20,30H,3-4H2,1-2H3. The molecule has 0 aliphatic carbocycles. The second-order valence-electron chi connectivity index (χ2n) is 7.43. The lowest BCUT2D eigenvalue weighted by Crippen LogP contribution is -2.04. The van der Waals surface area contributed by atoms with Crippen molar-refractivity contribution in [1.82, 2.24) is 0 Å². The normalized spacial score (nSPS) is 14.2. The van der Waals surface area contributed by atoms with Crippen LogP contribution in [0.3, 0.4) is 0 Å². The first-order chi connectivity index (χ1) is 16.2. The van der Waals surface area contributed by atoms with Crippen molar-refractivity contribution in [1.29, 1.82) is 5.41 Å². The molecule has 4 heteroatoms. The zero-order valence-electron chi connectivity index (χ0n) is 18.9.